The van der Waals surface area contributed by atoms with Gasteiger partial charge in [-0.15, -0.1) is 4.76 Å². The average Bonchev–Trinajstić information content (AvgIpc) is 3.70. The van der Waals surface area contributed by atoms with Crippen molar-refractivity contribution in [3.8, 4) is 0 Å². The summed E-state index contributed by atoms with van der Waals surface area (Å²) in [5.74, 6) is 0.552. The van der Waals surface area contributed by atoms with Gasteiger partial charge in [0.15, 0.2) is 0 Å². The highest BCUT2D eigenvalue weighted by molar-refractivity contribution is 7.51. The Kier molecular flexibility index (Phi) is 20.7. The Morgan fingerprint density at radius 3 is 1.76 bits per heavy atom. The van der Waals surface area contributed by atoms with Gasteiger partial charge < -0.3 is 24.2 Å². The number of rotatable bonds is 28. The first-order valence-corrected chi connectivity index (χ1v) is 21.8. The average molecular weight is 740 g/mol. The van der Waals surface area contributed by atoms with Gasteiger partial charge in [0.2, 0.25) is 5.96 Å². The van der Waals surface area contributed by atoms with Crippen LogP contribution in [0.1, 0.15) is 160 Å². The molecule has 3 heterocycles. The Balaban J connectivity index is 1.55. The number of unbranched alkanes of at least 4 members (excludes halogenated alkanes) is 18. The van der Waals surface area contributed by atoms with Crippen molar-refractivity contribution in [2.75, 3.05) is 39.9 Å². The molecule has 4 atom stereocenters. The number of H-pyrrole nitrogens is 1. The minimum Gasteiger partial charge on any atom is -0.378 e. The van der Waals surface area contributed by atoms with E-state index < -0.39 is 37.4 Å². The van der Waals surface area contributed by atoms with Crippen LogP contribution in [0.25, 0.3) is 0 Å². The minimum absolute atomic E-state index is 0.229. The topological polar surface area (TPSA) is 139 Å². The van der Waals surface area contributed by atoms with Crippen molar-refractivity contribution in [1.29, 1.82) is 0 Å². The zero-order chi connectivity index (χ0) is 36.9. The molecule has 2 aliphatic rings. The molecule has 0 aromatic carbocycles. The predicted molar refractivity (Wildman–Crippen MR) is 205 cm³/mol. The normalized spacial score (nSPS) is 20.4. The van der Waals surface area contributed by atoms with Gasteiger partial charge in [0.05, 0.1) is 12.7 Å². The lowest BCUT2D eigenvalue weighted by molar-refractivity contribution is -0.0501. The highest BCUT2D eigenvalue weighted by Crippen LogP contribution is 2.46. The molecule has 2 saturated heterocycles. The van der Waals surface area contributed by atoms with Gasteiger partial charge in [0, 0.05) is 51.5 Å². The van der Waals surface area contributed by atoms with Crippen LogP contribution in [0.3, 0.4) is 0 Å². The number of aromatic amines is 1. The van der Waals surface area contributed by atoms with Crippen LogP contribution in [0.5, 0.6) is 0 Å². The highest BCUT2D eigenvalue weighted by atomic mass is 31.2. The van der Waals surface area contributed by atoms with Crippen molar-refractivity contribution in [3.05, 3.63) is 32.6 Å². The van der Waals surface area contributed by atoms with Crippen molar-refractivity contribution < 1.29 is 23.5 Å². The zero-order valence-electron chi connectivity index (χ0n) is 32.3. The minimum atomic E-state index is -4.40. The largest absolute Gasteiger partial charge is 0.454 e. The summed E-state index contributed by atoms with van der Waals surface area (Å²) in [6, 6.07) is 0. The standard InChI is InChI=1S/C38H70N5O7P/c1-5-7-9-11-13-15-17-19-21-23-25-41-27-28-42(26-24-22-20-18-16-14-12-10-8-6-2)37(41)40-51(46,47)49-31-34-33(48-4)29-35(50-34)43-30-32(3)36(44)39-38(43)45/h30,33-35H,5-29,31H2,1-4H3,(H,46,47)(H,39,44,45)/t33-,34?,35-/m1/s1. The number of nitrogens with zero attached hydrogens (tertiary/aromatic N) is 4. The van der Waals surface area contributed by atoms with Crippen molar-refractivity contribution in [2.24, 2.45) is 4.76 Å². The molecule has 0 spiro atoms. The lowest BCUT2D eigenvalue weighted by Gasteiger charge is -2.24. The third-order valence-electron chi connectivity index (χ3n) is 10.3. The second-order valence-electron chi connectivity index (χ2n) is 14.6. The fourth-order valence-electron chi connectivity index (χ4n) is 7.15. The SMILES string of the molecule is CCCCCCCCCCCCN1CCN(CCCCCCCCCCCC)C1=NP(=O)(O)OCC1O[C@@H](n2cc(C)c(=O)[nH]c2=O)C[C@H]1OC. The molecule has 2 N–H and O–H groups in total. The molecule has 13 heteroatoms. The number of methoxy groups -OCH3 is 1. The first-order chi connectivity index (χ1) is 24.7. The molecule has 0 aliphatic carbocycles. The van der Waals surface area contributed by atoms with Crippen LogP contribution in [-0.2, 0) is 18.6 Å². The van der Waals surface area contributed by atoms with Crippen molar-refractivity contribution in [1.82, 2.24) is 19.4 Å². The monoisotopic (exact) mass is 740 g/mol. The molecule has 2 fully saturated rings. The van der Waals surface area contributed by atoms with E-state index >= 15 is 0 Å². The molecule has 2 aliphatic heterocycles. The van der Waals surface area contributed by atoms with Crippen LogP contribution in [0.4, 0.5) is 0 Å². The van der Waals surface area contributed by atoms with Crippen LogP contribution in [0.2, 0.25) is 0 Å². The quantitative estimate of drug-likeness (QED) is 0.0645. The molecule has 12 nitrogen and oxygen atoms in total. The highest BCUT2D eigenvalue weighted by Gasteiger charge is 2.39. The third-order valence-corrected chi connectivity index (χ3v) is 11.2. The second-order valence-corrected chi connectivity index (χ2v) is 16.1. The van der Waals surface area contributed by atoms with Crippen LogP contribution in [0, 0.1) is 6.92 Å². The Morgan fingerprint density at radius 2 is 1.29 bits per heavy atom. The maximum absolute atomic E-state index is 13.5. The van der Waals surface area contributed by atoms with E-state index in [-0.39, 0.29) is 6.61 Å². The van der Waals surface area contributed by atoms with Gasteiger partial charge in [0.1, 0.15) is 12.3 Å². The summed E-state index contributed by atoms with van der Waals surface area (Å²) in [4.78, 5) is 41.9. The molecular weight excluding hydrogens is 669 g/mol. The maximum atomic E-state index is 13.5. The molecule has 0 radical (unpaired) electrons. The van der Waals surface area contributed by atoms with Gasteiger partial charge >= 0.3 is 13.4 Å². The summed E-state index contributed by atoms with van der Waals surface area (Å²) < 4.78 is 36.4. The van der Waals surface area contributed by atoms with Gasteiger partial charge in [-0.05, 0) is 19.8 Å². The lowest BCUT2D eigenvalue weighted by atomic mass is 10.1. The molecular formula is C38H70N5O7P. The summed E-state index contributed by atoms with van der Waals surface area (Å²) in [7, 11) is -2.87. The molecule has 51 heavy (non-hydrogen) atoms. The number of aromatic nitrogens is 2. The fourth-order valence-corrected chi connectivity index (χ4v) is 8.03. The summed E-state index contributed by atoms with van der Waals surface area (Å²) in [5, 5.41) is 0. The smallest absolute Gasteiger partial charge is 0.378 e. The van der Waals surface area contributed by atoms with Crippen molar-refractivity contribution in [2.45, 2.75) is 174 Å². The van der Waals surface area contributed by atoms with E-state index in [4.69, 9.17) is 14.0 Å². The number of guanidine groups is 1. The summed E-state index contributed by atoms with van der Waals surface area (Å²) in [6.45, 7) is 9.05. The number of hydrogen-bond acceptors (Lipinski definition) is 6. The first kappa shape index (κ1) is 43.4. The maximum Gasteiger partial charge on any atom is 0.454 e. The van der Waals surface area contributed by atoms with E-state index in [1.54, 1.807) is 6.92 Å². The van der Waals surface area contributed by atoms with E-state index in [0.29, 0.717) is 17.9 Å². The van der Waals surface area contributed by atoms with Crippen LogP contribution >= 0.6 is 7.75 Å². The Morgan fingerprint density at radius 1 is 0.824 bits per heavy atom. The zero-order valence-corrected chi connectivity index (χ0v) is 33.2. The molecule has 1 aromatic rings. The third kappa shape index (κ3) is 15.9. The van der Waals surface area contributed by atoms with Crippen molar-refractivity contribution >= 4 is 13.7 Å². The van der Waals surface area contributed by atoms with Crippen LogP contribution in [-0.4, -0.2) is 82.3 Å². The molecule has 0 saturated carbocycles. The lowest BCUT2D eigenvalue weighted by Crippen LogP contribution is -2.35. The van der Waals surface area contributed by atoms with Gasteiger partial charge in [-0.25, -0.2) is 9.36 Å². The Labute approximate surface area is 307 Å². The summed E-state index contributed by atoms with van der Waals surface area (Å²) in [5.41, 5.74) is -0.657. The van der Waals surface area contributed by atoms with Crippen LogP contribution in [0.15, 0.2) is 20.5 Å². The Hall–Kier alpha value is -1.98. The Bertz CT molecular complexity index is 1270. The number of aryl methyl sites for hydroxylation is 1. The molecule has 294 valence electrons. The van der Waals surface area contributed by atoms with Gasteiger partial charge in [-0.2, -0.15) is 0 Å². The van der Waals surface area contributed by atoms with Crippen LogP contribution < -0.4 is 11.2 Å². The number of nitrogens with one attached hydrogen (secondary N) is 1. The van der Waals surface area contributed by atoms with E-state index in [1.807, 2.05) is 0 Å². The predicted octanol–water partition coefficient (Wildman–Crippen LogP) is 8.08. The molecule has 2 unspecified atom stereocenters. The van der Waals surface area contributed by atoms with Gasteiger partial charge in [0.25, 0.3) is 5.56 Å². The summed E-state index contributed by atoms with van der Waals surface area (Å²) in [6.07, 6.45) is 25.0. The molecule has 3 rings (SSSR count). The van der Waals surface area contributed by atoms with E-state index in [9.17, 15) is 19.0 Å². The van der Waals surface area contributed by atoms with Gasteiger partial charge in [-0.3, -0.25) is 18.9 Å². The number of hydrogen-bond donors (Lipinski definition) is 2. The molecule has 1 aromatic heterocycles. The fraction of sp³-hybridized carbons (Fsp3) is 0.868. The summed E-state index contributed by atoms with van der Waals surface area (Å²) >= 11 is 0. The molecule has 0 bridgehead atoms. The van der Waals surface area contributed by atoms with E-state index in [2.05, 4.69) is 33.4 Å². The number of ether oxygens (including phenoxy) is 2. The van der Waals surface area contributed by atoms with E-state index in [1.165, 1.54) is 121 Å². The first-order valence-electron chi connectivity index (χ1n) is 20.3. The van der Waals surface area contributed by atoms with E-state index in [0.717, 1.165) is 51.9 Å². The molecule has 0 amide bonds. The van der Waals surface area contributed by atoms with Crippen molar-refractivity contribution in [3.63, 3.8) is 0 Å². The van der Waals surface area contributed by atoms with Gasteiger partial charge in [-0.1, -0.05) is 129 Å². The second kappa shape index (κ2) is 24.4.